The Kier molecular flexibility index (Phi) is 11.0. The Hall–Kier alpha value is -1.64. The summed E-state index contributed by atoms with van der Waals surface area (Å²) in [6.45, 7) is 7.64. The first-order valence-electron chi connectivity index (χ1n) is 12.3. The molecule has 0 aliphatic carbocycles. The molecule has 0 amide bonds. The molecule has 0 atom stereocenters. The zero-order chi connectivity index (χ0) is 22.0. The van der Waals surface area contributed by atoms with Crippen LogP contribution in [0.25, 0.3) is 0 Å². The Labute approximate surface area is 217 Å². The first-order chi connectivity index (χ1) is 15.8. The van der Waals surface area contributed by atoms with Crippen LogP contribution >= 0.6 is 24.0 Å². The minimum atomic E-state index is 0. The van der Waals surface area contributed by atoms with E-state index in [9.17, 15) is 0 Å². The standard InChI is InChI=1S/C27H39N5.HI/c1-28-27(30-26-14-18-32(19-15-26)21-23-10-4-2-5-11-23)29-20-24-12-6-7-13-25(24)22-31-16-8-3-9-17-31;/h2,4-7,10-13,26H,3,8-9,14-22H2,1H3,(H2,28,29,30);1H. The van der Waals surface area contributed by atoms with Gasteiger partial charge in [0, 0.05) is 45.8 Å². The smallest absolute Gasteiger partial charge is 0.191 e. The van der Waals surface area contributed by atoms with Crippen LogP contribution in [0.2, 0.25) is 0 Å². The summed E-state index contributed by atoms with van der Waals surface area (Å²) < 4.78 is 0. The van der Waals surface area contributed by atoms with Crippen molar-refractivity contribution in [3.63, 3.8) is 0 Å². The predicted molar refractivity (Wildman–Crippen MR) is 149 cm³/mol. The zero-order valence-electron chi connectivity index (χ0n) is 20.0. The number of rotatable bonds is 7. The molecular weight excluding hydrogens is 521 g/mol. The molecule has 0 aromatic heterocycles. The van der Waals surface area contributed by atoms with Gasteiger partial charge in [-0.3, -0.25) is 14.8 Å². The molecule has 0 unspecified atom stereocenters. The first kappa shape index (κ1) is 26.0. The number of nitrogens with one attached hydrogen (secondary N) is 2. The van der Waals surface area contributed by atoms with Crippen LogP contribution in [0.3, 0.4) is 0 Å². The highest BCUT2D eigenvalue weighted by Crippen LogP contribution is 2.17. The van der Waals surface area contributed by atoms with Gasteiger partial charge in [0.2, 0.25) is 0 Å². The van der Waals surface area contributed by atoms with E-state index in [1.165, 1.54) is 49.0 Å². The number of likely N-dealkylation sites (tertiary alicyclic amines) is 2. The largest absolute Gasteiger partial charge is 0.354 e. The van der Waals surface area contributed by atoms with Crippen LogP contribution in [0, 0.1) is 0 Å². The highest BCUT2D eigenvalue weighted by atomic mass is 127. The molecule has 4 rings (SSSR count). The van der Waals surface area contributed by atoms with E-state index in [1.54, 1.807) is 0 Å². The molecule has 0 saturated carbocycles. The molecule has 6 heteroatoms. The lowest BCUT2D eigenvalue weighted by Crippen LogP contribution is -2.48. The van der Waals surface area contributed by atoms with E-state index in [1.807, 2.05) is 7.05 Å². The summed E-state index contributed by atoms with van der Waals surface area (Å²) >= 11 is 0. The van der Waals surface area contributed by atoms with Crippen molar-refractivity contribution in [2.75, 3.05) is 33.2 Å². The van der Waals surface area contributed by atoms with Gasteiger partial charge in [-0.25, -0.2) is 0 Å². The number of nitrogens with zero attached hydrogens (tertiary/aromatic N) is 3. The molecule has 0 bridgehead atoms. The minimum absolute atomic E-state index is 0. The third kappa shape index (κ3) is 8.26. The molecule has 2 saturated heterocycles. The van der Waals surface area contributed by atoms with Crippen molar-refractivity contribution in [1.82, 2.24) is 20.4 Å². The van der Waals surface area contributed by atoms with E-state index < -0.39 is 0 Å². The molecule has 5 nitrogen and oxygen atoms in total. The molecule has 2 heterocycles. The second-order valence-corrected chi connectivity index (χ2v) is 9.21. The van der Waals surface area contributed by atoms with Gasteiger partial charge >= 0.3 is 0 Å². The van der Waals surface area contributed by atoms with Crippen LogP contribution in [0.5, 0.6) is 0 Å². The van der Waals surface area contributed by atoms with Crippen LogP contribution in [-0.2, 0) is 19.6 Å². The highest BCUT2D eigenvalue weighted by molar-refractivity contribution is 14.0. The van der Waals surface area contributed by atoms with Gasteiger partial charge in [-0.05, 0) is 55.5 Å². The van der Waals surface area contributed by atoms with Gasteiger partial charge in [0.1, 0.15) is 0 Å². The third-order valence-corrected chi connectivity index (χ3v) is 6.81. The van der Waals surface area contributed by atoms with E-state index in [0.717, 1.165) is 51.5 Å². The summed E-state index contributed by atoms with van der Waals surface area (Å²) in [5.74, 6) is 0.916. The second-order valence-electron chi connectivity index (χ2n) is 9.21. The number of piperidine rings is 2. The lowest BCUT2D eigenvalue weighted by atomic mass is 10.0. The lowest BCUT2D eigenvalue weighted by Gasteiger charge is -2.33. The van der Waals surface area contributed by atoms with Gasteiger partial charge < -0.3 is 10.6 Å². The maximum Gasteiger partial charge on any atom is 0.191 e. The van der Waals surface area contributed by atoms with Crippen molar-refractivity contribution in [2.24, 2.45) is 4.99 Å². The number of guanidine groups is 1. The van der Waals surface area contributed by atoms with Gasteiger partial charge in [-0.1, -0.05) is 61.0 Å². The van der Waals surface area contributed by atoms with Gasteiger partial charge in [-0.15, -0.1) is 24.0 Å². The fourth-order valence-electron chi connectivity index (χ4n) is 4.89. The van der Waals surface area contributed by atoms with E-state index in [-0.39, 0.29) is 24.0 Å². The highest BCUT2D eigenvalue weighted by Gasteiger charge is 2.20. The second kappa shape index (κ2) is 13.9. The Morgan fingerprint density at radius 1 is 0.818 bits per heavy atom. The lowest BCUT2D eigenvalue weighted by molar-refractivity contribution is 0.198. The molecule has 180 valence electrons. The topological polar surface area (TPSA) is 42.9 Å². The monoisotopic (exact) mass is 561 g/mol. The Balaban J connectivity index is 0.00000306. The minimum Gasteiger partial charge on any atom is -0.354 e. The van der Waals surface area contributed by atoms with Gasteiger partial charge in [0.25, 0.3) is 0 Å². The van der Waals surface area contributed by atoms with E-state index >= 15 is 0 Å². The molecule has 2 aliphatic rings. The molecule has 2 aliphatic heterocycles. The van der Waals surface area contributed by atoms with Crippen LogP contribution in [0.4, 0.5) is 0 Å². The number of hydrogen-bond acceptors (Lipinski definition) is 3. The van der Waals surface area contributed by atoms with Crippen LogP contribution < -0.4 is 10.6 Å². The maximum atomic E-state index is 4.50. The molecule has 2 N–H and O–H groups in total. The molecule has 2 fully saturated rings. The van der Waals surface area contributed by atoms with Crippen LogP contribution in [0.15, 0.2) is 59.6 Å². The Bertz CT molecular complexity index is 843. The molecule has 33 heavy (non-hydrogen) atoms. The number of benzene rings is 2. The summed E-state index contributed by atoms with van der Waals surface area (Å²) in [5, 5.41) is 7.23. The predicted octanol–water partition coefficient (Wildman–Crippen LogP) is 4.62. The number of aliphatic imine (C=N–C) groups is 1. The van der Waals surface area contributed by atoms with Gasteiger partial charge in [0.15, 0.2) is 5.96 Å². The average molecular weight is 562 g/mol. The van der Waals surface area contributed by atoms with Crippen molar-refractivity contribution in [2.45, 2.75) is 57.8 Å². The van der Waals surface area contributed by atoms with E-state index in [4.69, 9.17) is 0 Å². The quantitative estimate of drug-likeness (QED) is 0.294. The normalized spacial score (nSPS) is 18.5. The third-order valence-electron chi connectivity index (χ3n) is 6.81. The zero-order valence-corrected chi connectivity index (χ0v) is 22.3. The summed E-state index contributed by atoms with van der Waals surface area (Å²) in [6, 6.07) is 20.1. The SMILES string of the molecule is CN=C(NCc1ccccc1CN1CCCCC1)NC1CCN(Cc2ccccc2)CC1.I. The summed E-state index contributed by atoms with van der Waals surface area (Å²) in [7, 11) is 1.87. The summed E-state index contributed by atoms with van der Waals surface area (Å²) in [5.41, 5.74) is 4.21. The fourth-order valence-corrected chi connectivity index (χ4v) is 4.89. The van der Waals surface area contributed by atoms with Crippen molar-refractivity contribution in [3.05, 3.63) is 71.3 Å². The fraction of sp³-hybridized carbons (Fsp3) is 0.519. The summed E-state index contributed by atoms with van der Waals surface area (Å²) in [4.78, 5) is 9.65. The van der Waals surface area contributed by atoms with Crippen molar-refractivity contribution in [3.8, 4) is 0 Å². The summed E-state index contributed by atoms with van der Waals surface area (Å²) in [6.07, 6.45) is 6.35. The van der Waals surface area contributed by atoms with Crippen LogP contribution in [0.1, 0.15) is 48.8 Å². The van der Waals surface area contributed by atoms with Crippen LogP contribution in [-0.4, -0.2) is 55.0 Å². The molecule has 0 spiro atoms. The van der Waals surface area contributed by atoms with Gasteiger partial charge in [-0.2, -0.15) is 0 Å². The Morgan fingerprint density at radius 2 is 1.45 bits per heavy atom. The molecular formula is C27H40IN5. The first-order valence-corrected chi connectivity index (χ1v) is 12.3. The number of hydrogen-bond donors (Lipinski definition) is 2. The molecule has 2 aromatic rings. The average Bonchev–Trinajstić information content (AvgIpc) is 2.85. The maximum absolute atomic E-state index is 4.50. The van der Waals surface area contributed by atoms with Crippen molar-refractivity contribution in [1.29, 1.82) is 0 Å². The number of halogens is 1. The van der Waals surface area contributed by atoms with E-state index in [2.05, 4.69) is 80.0 Å². The van der Waals surface area contributed by atoms with Gasteiger partial charge in [0.05, 0.1) is 0 Å². The van der Waals surface area contributed by atoms with Crippen molar-refractivity contribution < 1.29 is 0 Å². The van der Waals surface area contributed by atoms with Crippen molar-refractivity contribution >= 4 is 29.9 Å². The Morgan fingerprint density at radius 3 is 2.15 bits per heavy atom. The molecule has 2 aromatic carbocycles. The molecule has 0 radical (unpaired) electrons. The van der Waals surface area contributed by atoms with E-state index in [0.29, 0.717) is 6.04 Å².